The van der Waals surface area contributed by atoms with Crippen LogP contribution in [0.2, 0.25) is 0 Å². The van der Waals surface area contributed by atoms with Gasteiger partial charge < -0.3 is 122 Å². The summed E-state index contributed by atoms with van der Waals surface area (Å²) in [7, 11) is 24.1. The molecule has 0 atom stereocenters. The van der Waals surface area contributed by atoms with E-state index in [0.29, 0.717) is 104 Å². The lowest BCUT2D eigenvalue weighted by Gasteiger charge is -2.18. The van der Waals surface area contributed by atoms with Gasteiger partial charge in [0.1, 0.15) is 69.1 Å². The van der Waals surface area contributed by atoms with E-state index >= 15 is 0 Å². The Morgan fingerprint density at radius 1 is 0.243 bits per heavy atom. The zero-order valence-electron chi connectivity index (χ0n) is 69.0. The first-order chi connectivity index (χ1) is 54.9. The van der Waals surface area contributed by atoms with Crippen LogP contribution in [0.25, 0.3) is 0 Å². The molecule has 42 nitrogen and oxygen atoms in total. The Morgan fingerprint density at radius 3 is 0.765 bits per heavy atom. The van der Waals surface area contributed by atoms with Gasteiger partial charge in [0.05, 0.1) is 0 Å². The molecule has 17 N–H and O–H groups in total. The van der Waals surface area contributed by atoms with Crippen LogP contribution >= 0.6 is 0 Å². The van der Waals surface area contributed by atoms with Crippen LogP contribution in [0.1, 0.15) is 69.1 Å². The molecule has 0 saturated carbocycles. The van der Waals surface area contributed by atoms with Gasteiger partial charge in [-0.2, -0.15) is 89.7 Å². The Hall–Kier alpha value is -13.9. The summed E-state index contributed by atoms with van der Waals surface area (Å²) in [5.41, 5.74) is 27.9. The summed E-state index contributed by atoms with van der Waals surface area (Å²) in [6.07, 6.45) is 4.65. The Labute approximate surface area is 668 Å². The van der Waals surface area contributed by atoms with Crippen molar-refractivity contribution in [3.05, 3.63) is 142 Å². The largest absolute Gasteiger partial charge is 0.466 e. The number of nitrogens with one attached hydrogen (secondary N) is 7. The van der Waals surface area contributed by atoms with Gasteiger partial charge in [0.2, 0.25) is 107 Å². The van der Waals surface area contributed by atoms with Crippen molar-refractivity contribution in [3.8, 4) is 0 Å². The number of hydrogen-bond donors (Lipinski definition) is 12. The molecular formula is C73H110N36O6. The minimum absolute atomic E-state index is 0.123. The van der Waals surface area contributed by atoms with Gasteiger partial charge in [-0.1, -0.05) is 0 Å². The fraction of sp³-hybridized carbons (Fsp3) is 0.425. The van der Waals surface area contributed by atoms with Crippen LogP contribution in [0.4, 0.5) is 107 Å². The molecule has 0 spiro atoms. The van der Waals surface area contributed by atoms with Crippen LogP contribution in [0.15, 0.2) is 99.3 Å². The van der Waals surface area contributed by atoms with Crippen LogP contribution in [-0.4, -0.2) is 221 Å². The molecule has 0 aliphatic rings. The summed E-state index contributed by atoms with van der Waals surface area (Å²) in [6, 6.07) is 23.5. The predicted molar refractivity (Wildman–Crippen MR) is 450 cm³/mol. The number of nitrogens with two attached hydrogens (primary N) is 5. The fourth-order valence-electron chi connectivity index (χ4n) is 9.81. The second-order valence-electron chi connectivity index (χ2n) is 26.2. The van der Waals surface area contributed by atoms with Crippen molar-refractivity contribution in [2.75, 3.05) is 226 Å². The standard InChI is InChI=1S/C14H22N6O.C13H20N6O.2C12H18N6O.2C11H16N6O/c1-10-6-7-11(21-10)8-9-15-12-16-13(19(2)3)18-14(17-12)20(4)5;1-9-5-6-10(20-9)7-8-19(4)13-16-11(14)15-12(17-13)18(2)3;1-8-4-5-9(19-8)6-7-18(3)12-16-10(13)15-11(14-2)17-12;1-8-4-5-9(19-8)6-7-15-12-17-10(13-2)16-11(14-3)18-12;1-7-3-4-8(18-7)5-6-17(2)11-15-9(12)14-10(13)16-11;1-7-3-4-8(18-7)5-6-14-11-16-9(12)15-10(13-2)17-11/h6-7H,8-9H2,1-5H3,(H,15,16,17,18);5-6H,7-8H2,1-4H3,(H2,14,15,16,17);4-5H,6-7H2,1-3H3,(H3,13,14,15,16,17);4-5H,6-7H2,1-3H3,(H3,13,14,15,16,17,18);3-4H,5-6H2,1-2H3,(H4,12,13,14,15,16);3-4H,5-6H2,1-2H3,(H4,12,13,14,15,16,17). The number of hydrogen-bond acceptors (Lipinski definition) is 42. The molecule has 0 aliphatic heterocycles. The molecule has 42 heteroatoms. The van der Waals surface area contributed by atoms with E-state index in [1.165, 1.54) is 0 Å². The van der Waals surface area contributed by atoms with Gasteiger partial charge in [0, 0.05) is 169 Å². The maximum atomic E-state index is 5.71. The van der Waals surface area contributed by atoms with Crippen molar-refractivity contribution >= 4 is 107 Å². The molecular weight excluding hydrogens is 1480 g/mol. The summed E-state index contributed by atoms with van der Waals surface area (Å²) >= 11 is 0. The summed E-state index contributed by atoms with van der Waals surface area (Å²) in [5, 5.41) is 20.9. The number of nitrogens with zero attached hydrogens (tertiary/aromatic N) is 24. The second kappa shape index (κ2) is 44.3. The lowest BCUT2D eigenvalue weighted by atomic mass is 10.3. The highest BCUT2D eigenvalue weighted by molar-refractivity contribution is 5.47. The number of rotatable bonds is 31. The molecule has 0 radical (unpaired) electrons. The first-order valence-corrected chi connectivity index (χ1v) is 36.7. The maximum absolute atomic E-state index is 5.71. The number of furan rings is 6. The molecule has 0 unspecified atom stereocenters. The van der Waals surface area contributed by atoms with Crippen LogP contribution in [-0.2, 0) is 38.5 Å². The summed E-state index contributed by atoms with van der Waals surface area (Å²) < 4.78 is 33.0. The first-order valence-electron chi connectivity index (χ1n) is 36.7. The Balaban J connectivity index is 0.000000191. The minimum atomic E-state index is 0.123. The van der Waals surface area contributed by atoms with E-state index in [1.54, 1.807) is 33.1 Å². The molecule has 115 heavy (non-hydrogen) atoms. The lowest BCUT2D eigenvalue weighted by Crippen LogP contribution is -2.25. The number of nitrogen functional groups attached to an aromatic ring is 5. The third-order valence-electron chi connectivity index (χ3n) is 15.8. The van der Waals surface area contributed by atoms with Gasteiger partial charge in [-0.15, -0.1) is 0 Å². The number of aromatic nitrogens is 18. The Morgan fingerprint density at radius 2 is 0.452 bits per heavy atom. The van der Waals surface area contributed by atoms with Crippen LogP contribution in [0.3, 0.4) is 0 Å². The summed E-state index contributed by atoms with van der Waals surface area (Å²) in [4.78, 5) is 85.7. The highest BCUT2D eigenvalue weighted by Gasteiger charge is 2.16. The monoisotopic (exact) mass is 1590 g/mol. The van der Waals surface area contributed by atoms with Crippen molar-refractivity contribution in [2.45, 2.75) is 80.1 Å². The predicted octanol–water partition coefficient (Wildman–Crippen LogP) is 6.91. The van der Waals surface area contributed by atoms with Crippen LogP contribution in [0, 0.1) is 41.5 Å². The molecule has 0 aliphatic carbocycles. The van der Waals surface area contributed by atoms with E-state index in [9.17, 15) is 0 Å². The van der Waals surface area contributed by atoms with Crippen molar-refractivity contribution in [1.29, 1.82) is 0 Å². The normalized spacial score (nSPS) is 10.5. The van der Waals surface area contributed by atoms with E-state index in [1.807, 2.05) is 202 Å². The van der Waals surface area contributed by atoms with Gasteiger partial charge in [0.25, 0.3) is 0 Å². The van der Waals surface area contributed by atoms with E-state index in [4.69, 9.17) is 55.2 Å². The van der Waals surface area contributed by atoms with Gasteiger partial charge in [-0.25, -0.2) is 0 Å². The second-order valence-corrected chi connectivity index (χ2v) is 26.2. The fourth-order valence-corrected chi connectivity index (χ4v) is 9.81. The average molecular weight is 1590 g/mol. The first kappa shape index (κ1) is 88.4. The molecule has 0 saturated heterocycles. The zero-order valence-corrected chi connectivity index (χ0v) is 69.0. The topological polar surface area (TPSA) is 545 Å². The van der Waals surface area contributed by atoms with E-state index in [-0.39, 0.29) is 29.7 Å². The minimum Gasteiger partial charge on any atom is -0.466 e. The van der Waals surface area contributed by atoms with E-state index in [2.05, 4.69) is 127 Å². The highest BCUT2D eigenvalue weighted by atomic mass is 16.4. The molecule has 0 aromatic carbocycles. The van der Waals surface area contributed by atoms with Crippen LogP contribution < -0.4 is 95.3 Å². The molecule has 12 rings (SSSR count). The van der Waals surface area contributed by atoms with Crippen molar-refractivity contribution < 1.29 is 26.5 Å². The van der Waals surface area contributed by atoms with Crippen molar-refractivity contribution in [3.63, 3.8) is 0 Å². The molecule has 0 bridgehead atoms. The highest BCUT2D eigenvalue weighted by Crippen LogP contribution is 2.20. The molecule has 12 heterocycles. The number of anilines is 18. The quantitative estimate of drug-likeness (QED) is 0.0210. The number of aryl methyl sites for hydroxylation is 6. The zero-order chi connectivity index (χ0) is 83.7. The molecule has 0 fully saturated rings. The lowest BCUT2D eigenvalue weighted by molar-refractivity contribution is 0.482. The summed E-state index contributed by atoms with van der Waals surface area (Å²) in [6.45, 7) is 15.8. The SMILES string of the molecule is CNc1nc(N)nc(N(C)CCc2ccc(C)o2)n1.CNc1nc(N)nc(NCCc2ccc(C)o2)n1.CNc1nc(NC)nc(NCCc2ccc(C)o2)n1.Cc1ccc(CCN(C)c2nc(N)nc(N(C)C)n2)o1.Cc1ccc(CCN(C)c2nc(N)nc(N)n2)o1.Cc1ccc(CCNc2nc(N(C)C)nc(N(C)C)n2)o1. The molecule has 618 valence electrons. The average Bonchev–Trinajstić information content (AvgIpc) is 1.89. The third kappa shape index (κ3) is 30.7. The Kier molecular flexibility index (Phi) is 34.0. The van der Waals surface area contributed by atoms with E-state index in [0.717, 1.165) is 121 Å². The van der Waals surface area contributed by atoms with Crippen molar-refractivity contribution in [2.24, 2.45) is 0 Å². The Bertz CT molecular complexity index is 4810. The van der Waals surface area contributed by atoms with Gasteiger partial charge in [0.15, 0.2) is 0 Å². The van der Waals surface area contributed by atoms with E-state index < -0.39 is 0 Å². The van der Waals surface area contributed by atoms with Gasteiger partial charge in [-0.3, -0.25) is 0 Å². The van der Waals surface area contributed by atoms with Gasteiger partial charge >= 0.3 is 0 Å². The summed E-state index contributed by atoms with van der Waals surface area (Å²) in [5.74, 6) is 18.9. The molecule has 12 aromatic heterocycles. The van der Waals surface area contributed by atoms with Crippen molar-refractivity contribution in [1.82, 2.24) is 89.7 Å². The van der Waals surface area contributed by atoms with Gasteiger partial charge in [-0.05, 0) is 114 Å². The maximum Gasteiger partial charge on any atom is 0.231 e. The molecule has 0 amide bonds. The van der Waals surface area contributed by atoms with Crippen LogP contribution in [0.5, 0.6) is 0 Å². The molecule has 12 aromatic rings. The number of likely N-dealkylation sites (N-methyl/N-ethyl adjacent to an activating group) is 3. The smallest absolute Gasteiger partial charge is 0.231 e. The third-order valence-corrected chi connectivity index (χ3v) is 15.8.